The lowest BCUT2D eigenvalue weighted by molar-refractivity contribution is 0.602. The van der Waals surface area contributed by atoms with Crippen molar-refractivity contribution in [3.63, 3.8) is 0 Å². The van der Waals surface area contributed by atoms with Gasteiger partial charge >= 0.3 is 0 Å². The molecule has 0 bridgehead atoms. The van der Waals surface area contributed by atoms with Gasteiger partial charge in [0.25, 0.3) is 0 Å². The molecule has 0 saturated heterocycles. The molecular formula is C10H12N2O2S. The molecule has 0 atom stereocenters. The van der Waals surface area contributed by atoms with Crippen LogP contribution in [0.4, 0.5) is 0 Å². The van der Waals surface area contributed by atoms with E-state index in [1.807, 2.05) is 0 Å². The van der Waals surface area contributed by atoms with Gasteiger partial charge in [-0.25, -0.2) is 8.42 Å². The van der Waals surface area contributed by atoms with Crippen molar-refractivity contribution in [2.45, 2.75) is 11.4 Å². The van der Waals surface area contributed by atoms with Crippen LogP contribution in [-0.4, -0.2) is 15.0 Å². The minimum absolute atomic E-state index is 0.0367. The summed E-state index contributed by atoms with van der Waals surface area (Å²) in [6, 6.07) is 5.10. The summed E-state index contributed by atoms with van der Waals surface area (Å²) >= 11 is 0. The Bertz CT molecular complexity index is 532. The van der Waals surface area contributed by atoms with Gasteiger partial charge in [0.05, 0.1) is 9.80 Å². The standard InChI is InChI=1S/C10H12N2O2S/c11-5-7-1-2-10-8(3-7)4-9(6-12)15(10,13)14/h1-4H,5-6,11-12H2. The van der Waals surface area contributed by atoms with Crippen molar-refractivity contribution in [2.75, 3.05) is 6.54 Å². The molecule has 0 saturated carbocycles. The van der Waals surface area contributed by atoms with Gasteiger partial charge in [0.2, 0.25) is 9.84 Å². The molecule has 0 aliphatic carbocycles. The van der Waals surface area contributed by atoms with E-state index in [1.54, 1.807) is 24.3 Å². The lowest BCUT2D eigenvalue weighted by atomic mass is 10.1. The molecule has 1 aliphatic heterocycles. The van der Waals surface area contributed by atoms with E-state index in [4.69, 9.17) is 11.5 Å². The number of sulfone groups is 1. The van der Waals surface area contributed by atoms with Crippen LogP contribution in [0.25, 0.3) is 6.08 Å². The van der Waals surface area contributed by atoms with Crippen molar-refractivity contribution in [2.24, 2.45) is 11.5 Å². The highest BCUT2D eigenvalue weighted by Crippen LogP contribution is 2.32. The summed E-state index contributed by atoms with van der Waals surface area (Å²) < 4.78 is 23.7. The lowest BCUT2D eigenvalue weighted by Crippen LogP contribution is -2.10. The summed E-state index contributed by atoms with van der Waals surface area (Å²) in [6.07, 6.45) is 1.61. The minimum atomic E-state index is -3.33. The highest BCUT2D eigenvalue weighted by Gasteiger charge is 2.28. The van der Waals surface area contributed by atoms with Gasteiger partial charge in [0.15, 0.2) is 0 Å². The second-order valence-electron chi connectivity index (χ2n) is 3.39. The van der Waals surface area contributed by atoms with Gasteiger partial charge in [-0.3, -0.25) is 0 Å². The Morgan fingerprint density at radius 1 is 1.13 bits per heavy atom. The van der Waals surface area contributed by atoms with Gasteiger partial charge in [0, 0.05) is 13.1 Å². The van der Waals surface area contributed by atoms with E-state index in [1.165, 1.54) is 0 Å². The molecule has 0 unspecified atom stereocenters. The van der Waals surface area contributed by atoms with Gasteiger partial charge in [0.1, 0.15) is 0 Å². The third-order valence-corrected chi connectivity index (χ3v) is 4.39. The minimum Gasteiger partial charge on any atom is -0.326 e. The molecule has 1 aromatic rings. The molecule has 4 nitrogen and oxygen atoms in total. The summed E-state index contributed by atoms with van der Waals surface area (Å²) in [5.41, 5.74) is 12.5. The Morgan fingerprint density at radius 2 is 1.87 bits per heavy atom. The molecule has 1 aliphatic rings. The normalized spacial score (nSPS) is 17.3. The zero-order valence-corrected chi connectivity index (χ0v) is 8.92. The highest BCUT2D eigenvalue weighted by molar-refractivity contribution is 7.95. The lowest BCUT2D eigenvalue weighted by Gasteiger charge is -2.02. The van der Waals surface area contributed by atoms with Crippen molar-refractivity contribution >= 4 is 15.9 Å². The van der Waals surface area contributed by atoms with Gasteiger partial charge in [-0.1, -0.05) is 6.07 Å². The monoisotopic (exact) mass is 224 g/mol. The van der Waals surface area contributed by atoms with E-state index in [0.29, 0.717) is 17.0 Å². The molecule has 5 heteroatoms. The van der Waals surface area contributed by atoms with Crippen molar-refractivity contribution in [3.8, 4) is 0 Å². The quantitative estimate of drug-likeness (QED) is 0.753. The number of benzene rings is 1. The first-order valence-electron chi connectivity index (χ1n) is 4.58. The first kappa shape index (κ1) is 10.4. The van der Waals surface area contributed by atoms with Gasteiger partial charge in [-0.05, 0) is 29.3 Å². The van der Waals surface area contributed by atoms with Crippen LogP contribution >= 0.6 is 0 Å². The van der Waals surface area contributed by atoms with Crippen molar-refractivity contribution in [1.29, 1.82) is 0 Å². The van der Waals surface area contributed by atoms with E-state index in [9.17, 15) is 8.42 Å². The summed E-state index contributed by atoms with van der Waals surface area (Å²) in [5.74, 6) is 0. The van der Waals surface area contributed by atoms with E-state index in [2.05, 4.69) is 0 Å². The number of rotatable bonds is 2. The van der Waals surface area contributed by atoms with E-state index in [-0.39, 0.29) is 11.4 Å². The third kappa shape index (κ3) is 1.49. The maximum Gasteiger partial charge on any atom is 0.204 e. The molecule has 2 rings (SSSR count). The number of nitrogens with two attached hydrogens (primary N) is 2. The number of fused-ring (bicyclic) bond motifs is 1. The molecule has 0 radical (unpaired) electrons. The fourth-order valence-corrected chi connectivity index (χ4v) is 3.10. The predicted octanol–water partition coefficient (Wildman–Crippen LogP) is 0.232. The predicted molar refractivity (Wildman–Crippen MR) is 58.6 cm³/mol. The molecule has 0 aromatic heterocycles. The summed E-state index contributed by atoms with van der Waals surface area (Å²) in [7, 11) is -3.33. The first-order valence-corrected chi connectivity index (χ1v) is 6.06. The number of hydrogen-bond donors (Lipinski definition) is 2. The van der Waals surface area contributed by atoms with Gasteiger partial charge < -0.3 is 11.5 Å². The van der Waals surface area contributed by atoms with Crippen molar-refractivity contribution < 1.29 is 8.42 Å². The van der Waals surface area contributed by atoms with Crippen LogP contribution in [0.2, 0.25) is 0 Å². The van der Waals surface area contributed by atoms with Crippen LogP contribution < -0.4 is 11.5 Å². The average molecular weight is 224 g/mol. The Hall–Kier alpha value is -1.17. The SMILES string of the molecule is NCC1=Cc2cc(CN)ccc2S1(=O)=O. The zero-order chi connectivity index (χ0) is 11.1. The van der Waals surface area contributed by atoms with Crippen molar-refractivity contribution in [3.05, 3.63) is 34.2 Å². The van der Waals surface area contributed by atoms with Crippen LogP contribution in [0, 0.1) is 0 Å². The Kier molecular flexibility index (Phi) is 2.38. The molecule has 0 amide bonds. The molecule has 15 heavy (non-hydrogen) atoms. The summed E-state index contributed by atoms with van der Waals surface area (Å²) in [5, 5.41) is 0. The van der Waals surface area contributed by atoms with Crippen molar-refractivity contribution in [1.82, 2.24) is 0 Å². The summed E-state index contributed by atoms with van der Waals surface area (Å²) in [4.78, 5) is 0.604. The average Bonchev–Trinajstić information content (AvgIpc) is 2.49. The fraction of sp³-hybridized carbons (Fsp3) is 0.200. The summed E-state index contributed by atoms with van der Waals surface area (Å²) in [6.45, 7) is 0.439. The van der Waals surface area contributed by atoms with Crippen LogP contribution in [0.1, 0.15) is 11.1 Å². The Morgan fingerprint density at radius 3 is 2.47 bits per heavy atom. The molecule has 1 heterocycles. The largest absolute Gasteiger partial charge is 0.326 e. The maximum absolute atomic E-state index is 11.8. The molecule has 1 aromatic carbocycles. The van der Waals surface area contributed by atoms with Crippen LogP contribution in [0.3, 0.4) is 0 Å². The maximum atomic E-state index is 11.8. The first-order chi connectivity index (χ1) is 7.09. The fourth-order valence-electron chi connectivity index (χ4n) is 1.64. The van der Waals surface area contributed by atoms with E-state index >= 15 is 0 Å². The van der Waals surface area contributed by atoms with Crippen LogP contribution in [-0.2, 0) is 16.4 Å². The molecular weight excluding hydrogens is 212 g/mol. The van der Waals surface area contributed by atoms with E-state index < -0.39 is 9.84 Å². The molecule has 0 fully saturated rings. The van der Waals surface area contributed by atoms with Crippen LogP contribution in [0.15, 0.2) is 28.0 Å². The highest BCUT2D eigenvalue weighted by atomic mass is 32.2. The number of hydrogen-bond acceptors (Lipinski definition) is 4. The topological polar surface area (TPSA) is 86.2 Å². The van der Waals surface area contributed by atoms with Crippen LogP contribution in [0.5, 0.6) is 0 Å². The molecule has 80 valence electrons. The molecule has 4 N–H and O–H groups in total. The van der Waals surface area contributed by atoms with E-state index in [0.717, 1.165) is 5.56 Å². The second kappa shape index (κ2) is 3.44. The van der Waals surface area contributed by atoms with Gasteiger partial charge in [-0.15, -0.1) is 0 Å². The Balaban J connectivity index is 2.63. The second-order valence-corrected chi connectivity index (χ2v) is 5.37. The third-order valence-electron chi connectivity index (χ3n) is 2.46. The van der Waals surface area contributed by atoms with Gasteiger partial charge in [-0.2, -0.15) is 0 Å². The Labute approximate surface area is 88.5 Å². The molecule has 0 spiro atoms. The zero-order valence-electron chi connectivity index (χ0n) is 8.10. The smallest absolute Gasteiger partial charge is 0.204 e.